The van der Waals surface area contributed by atoms with Crippen molar-refractivity contribution < 1.29 is 4.74 Å². The fraction of sp³-hybridized carbons (Fsp3) is 0.900. The first-order valence-electron chi connectivity index (χ1n) is 5.47. The summed E-state index contributed by atoms with van der Waals surface area (Å²) in [6.45, 7) is 2.83. The van der Waals surface area contributed by atoms with Crippen LogP contribution in [-0.4, -0.2) is 36.7 Å². The molecule has 2 aliphatic rings. The molecule has 14 heavy (non-hydrogen) atoms. The Bertz CT molecular complexity index is 200. The van der Waals surface area contributed by atoms with E-state index in [1.807, 2.05) is 11.8 Å². The molecule has 2 aliphatic heterocycles. The molecule has 1 N–H and O–H groups in total. The summed E-state index contributed by atoms with van der Waals surface area (Å²) >= 11 is 1.86. The molecule has 2 heterocycles. The molecule has 1 unspecified atom stereocenters. The molecule has 80 valence electrons. The summed E-state index contributed by atoms with van der Waals surface area (Å²) in [5, 5.41) is 4.69. The Kier molecular flexibility index (Phi) is 4.13. The molecule has 0 aromatic heterocycles. The number of aliphatic imine (C=N–C) groups is 1. The molecule has 0 spiro atoms. The second kappa shape index (κ2) is 5.61. The molecular weight excluding hydrogens is 196 g/mol. The van der Waals surface area contributed by atoms with Crippen LogP contribution in [0.5, 0.6) is 0 Å². The van der Waals surface area contributed by atoms with Gasteiger partial charge in [-0.2, -0.15) is 0 Å². The minimum Gasteiger partial charge on any atom is -0.381 e. The summed E-state index contributed by atoms with van der Waals surface area (Å²) in [6, 6.07) is 0.585. The Hall–Kier alpha value is -0.220. The molecular formula is C10H18N2OS. The molecule has 1 fully saturated rings. The van der Waals surface area contributed by atoms with Crippen molar-refractivity contribution in [1.29, 1.82) is 0 Å². The maximum atomic E-state index is 5.43. The van der Waals surface area contributed by atoms with Crippen molar-refractivity contribution in [1.82, 2.24) is 5.32 Å². The van der Waals surface area contributed by atoms with E-state index >= 15 is 0 Å². The molecule has 0 saturated carbocycles. The first kappa shape index (κ1) is 10.3. The first-order valence-corrected chi connectivity index (χ1v) is 6.45. The Labute approximate surface area is 89.7 Å². The fourth-order valence-electron chi connectivity index (χ4n) is 1.77. The fourth-order valence-corrected chi connectivity index (χ4v) is 2.67. The number of hydrogen-bond donors (Lipinski definition) is 1. The Morgan fingerprint density at radius 1 is 1.29 bits per heavy atom. The van der Waals surface area contributed by atoms with Gasteiger partial charge in [0.1, 0.15) is 0 Å². The standard InChI is InChI=1S/C10H18N2OS/c1-3-9(4-7-13-6-1)12-10-11-5-2-8-14-10/h9H,1-8H2,(H,11,12). The van der Waals surface area contributed by atoms with E-state index in [1.165, 1.54) is 25.0 Å². The Morgan fingerprint density at radius 3 is 3.14 bits per heavy atom. The van der Waals surface area contributed by atoms with E-state index in [4.69, 9.17) is 4.74 Å². The van der Waals surface area contributed by atoms with Crippen LogP contribution in [0.15, 0.2) is 4.99 Å². The highest BCUT2D eigenvalue weighted by Crippen LogP contribution is 2.14. The number of nitrogens with one attached hydrogen (secondary N) is 1. The normalized spacial score (nSPS) is 29.1. The summed E-state index contributed by atoms with van der Waals surface area (Å²) in [4.78, 5) is 4.48. The van der Waals surface area contributed by atoms with Gasteiger partial charge < -0.3 is 10.1 Å². The lowest BCUT2D eigenvalue weighted by Gasteiger charge is -2.20. The van der Waals surface area contributed by atoms with E-state index < -0.39 is 0 Å². The van der Waals surface area contributed by atoms with Crippen LogP contribution in [0.25, 0.3) is 0 Å². The predicted molar refractivity (Wildman–Crippen MR) is 61.0 cm³/mol. The van der Waals surface area contributed by atoms with Crippen LogP contribution in [0.3, 0.4) is 0 Å². The molecule has 0 aromatic rings. The number of thioether (sulfide) groups is 1. The van der Waals surface area contributed by atoms with E-state index in [0.717, 1.165) is 31.3 Å². The van der Waals surface area contributed by atoms with Crippen LogP contribution >= 0.6 is 11.8 Å². The molecule has 3 nitrogen and oxygen atoms in total. The van der Waals surface area contributed by atoms with Gasteiger partial charge in [-0.05, 0) is 25.7 Å². The number of amidine groups is 1. The van der Waals surface area contributed by atoms with Gasteiger partial charge in [0.05, 0.1) is 0 Å². The molecule has 4 heteroatoms. The van der Waals surface area contributed by atoms with Crippen molar-refractivity contribution in [3.05, 3.63) is 0 Å². The quantitative estimate of drug-likeness (QED) is 0.720. The summed E-state index contributed by atoms with van der Waals surface area (Å²) in [7, 11) is 0. The second-order valence-corrected chi connectivity index (χ2v) is 4.86. The van der Waals surface area contributed by atoms with Gasteiger partial charge in [-0.15, -0.1) is 0 Å². The van der Waals surface area contributed by atoms with Gasteiger partial charge in [0.15, 0.2) is 5.17 Å². The summed E-state index contributed by atoms with van der Waals surface area (Å²) in [6.07, 6.45) is 4.75. The third-order valence-electron chi connectivity index (χ3n) is 2.58. The largest absolute Gasteiger partial charge is 0.381 e. The molecule has 2 rings (SSSR count). The molecule has 0 amide bonds. The van der Waals surface area contributed by atoms with Gasteiger partial charge in [0.25, 0.3) is 0 Å². The summed E-state index contributed by atoms with van der Waals surface area (Å²) in [5.41, 5.74) is 0. The highest BCUT2D eigenvalue weighted by Gasteiger charge is 2.15. The van der Waals surface area contributed by atoms with E-state index in [2.05, 4.69) is 10.3 Å². The SMILES string of the molecule is C1CN=C(NC2CCCOCC2)SC1. The van der Waals surface area contributed by atoms with Crippen molar-refractivity contribution in [2.24, 2.45) is 4.99 Å². The van der Waals surface area contributed by atoms with Crippen molar-refractivity contribution in [2.75, 3.05) is 25.5 Å². The zero-order valence-electron chi connectivity index (χ0n) is 8.50. The number of ether oxygens (including phenoxy) is 1. The van der Waals surface area contributed by atoms with Gasteiger partial charge in [-0.25, -0.2) is 0 Å². The van der Waals surface area contributed by atoms with Crippen molar-refractivity contribution in [3.63, 3.8) is 0 Å². The average Bonchev–Trinajstić information content (AvgIpc) is 2.48. The maximum Gasteiger partial charge on any atom is 0.156 e. The van der Waals surface area contributed by atoms with Gasteiger partial charge in [0.2, 0.25) is 0 Å². The van der Waals surface area contributed by atoms with E-state index in [1.54, 1.807) is 0 Å². The van der Waals surface area contributed by atoms with Gasteiger partial charge in [0, 0.05) is 31.6 Å². The lowest BCUT2D eigenvalue weighted by atomic mass is 10.1. The lowest BCUT2D eigenvalue weighted by Crippen LogP contribution is -2.34. The second-order valence-electron chi connectivity index (χ2n) is 3.77. The molecule has 0 aromatic carbocycles. The predicted octanol–water partition coefficient (Wildman–Crippen LogP) is 1.64. The summed E-state index contributed by atoms with van der Waals surface area (Å²) in [5.74, 6) is 1.22. The Balaban J connectivity index is 1.79. The number of hydrogen-bond acceptors (Lipinski definition) is 4. The highest BCUT2D eigenvalue weighted by molar-refractivity contribution is 8.13. The van der Waals surface area contributed by atoms with Crippen LogP contribution in [0.1, 0.15) is 25.7 Å². The van der Waals surface area contributed by atoms with Crippen LogP contribution in [0.4, 0.5) is 0 Å². The first-order chi connectivity index (χ1) is 6.95. The lowest BCUT2D eigenvalue weighted by molar-refractivity contribution is 0.143. The molecule has 1 saturated heterocycles. The summed E-state index contributed by atoms with van der Waals surface area (Å²) < 4.78 is 5.43. The van der Waals surface area contributed by atoms with Crippen molar-refractivity contribution in [3.8, 4) is 0 Å². The molecule has 0 radical (unpaired) electrons. The topological polar surface area (TPSA) is 33.6 Å². The van der Waals surface area contributed by atoms with Gasteiger partial charge >= 0.3 is 0 Å². The van der Waals surface area contributed by atoms with E-state index in [0.29, 0.717) is 6.04 Å². The minimum absolute atomic E-state index is 0.585. The van der Waals surface area contributed by atoms with Gasteiger partial charge in [-0.1, -0.05) is 11.8 Å². The van der Waals surface area contributed by atoms with E-state index in [-0.39, 0.29) is 0 Å². The van der Waals surface area contributed by atoms with Crippen molar-refractivity contribution >= 4 is 16.9 Å². The van der Waals surface area contributed by atoms with Crippen LogP contribution in [0.2, 0.25) is 0 Å². The van der Waals surface area contributed by atoms with Crippen molar-refractivity contribution in [2.45, 2.75) is 31.7 Å². The highest BCUT2D eigenvalue weighted by atomic mass is 32.2. The third-order valence-corrected chi connectivity index (χ3v) is 3.59. The maximum absolute atomic E-state index is 5.43. The van der Waals surface area contributed by atoms with Crippen LogP contribution < -0.4 is 5.32 Å². The zero-order valence-corrected chi connectivity index (χ0v) is 9.31. The van der Waals surface area contributed by atoms with E-state index in [9.17, 15) is 0 Å². The van der Waals surface area contributed by atoms with Gasteiger partial charge in [-0.3, -0.25) is 4.99 Å². The molecule has 0 aliphatic carbocycles. The Morgan fingerprint density at radius 2 is 2.29 bits per heavy atom. The molecule has 1 atom stereocenters. The third kappa shape index (κ3) is 3.17. The minimum atomic E-state index is 0.585. The number of rotatable bonds is 1. The van der Waals surface area contributed by atoms with Crippen LogP contribution in [-0.2, 0) is 4.74 Å². The smallest absolute Gasteiger partial charge is 0.156 e. The average molecular weight is 214 g/mol. The zero-order chi connectivity index (χ0) is 9.64. The number of nitrogens with zero attached hydrogens (tertiary/aromatic N) is 1. The van der Waals surface area contributed by atoms with Crippen LogP contribution in [0, 0.1) is 0 Å². The molecule has 0 bridgehead atoms. The monoisotopic (exact) mass is 214 g/mol.